The quantitative estimate of drug-likeness (QED) is 0.657. The molecule has 28 heavy (non-hydrogen) atoms. The van der Waals surface area contributed by atoms with Crippen LogP contribution in [0.4, 0.5) is 5.69 Å². The number of likely N-dealkylation sites (tertiary alicyclic amines) is 1. The second kappa shape index (κ2) is 7.98. The van der Waals surface area contributed by atoms with Crippen LogP contribution in [0.2, 0.25) is 0 Å². The van der Waals surface area contributed by atoms with E-state index in [-0.39, 0.29) is 11.7 Å². The number of anilines is 1. The fourth-order valence-corrected chi connectivity index (χ4v) is 4.13. The smallest absolute Gasteiger partial charge is 0.238 e. The Kier molecular flexibility index (Phi) is 5.26. The van der Waals surface area contributed by atoms with Gasteiger partial charge in [0.05, 0.1) is 12.2 Å². The van der Waals surface area contributed by atoms with Crippen molar-refractivity contribution in [1.29, 1.82) is 0 Å². The van der Waals surface area contributed by atoms with Crippen molar-refractivity contribution in [2.45, 2.75) is 25.7 Å². The van der Waals surface area contributed by atoms with Gasteiger partial charge < -0.3 is 10.3 Å². The van der Waals surface area contributed by atoms with Gasteiger partial charge in [-0.3, -0.25) is 14.5 Å². The maximum atomic E-state index is 12.5. The van der Waals surface area contributed by atoms with Crippen LogP contribution in [0.25, 0.3) is 10.9 Å². The SMILES string of the molecule is CC(=O)c1ccccc1NC(=O)CN1CCC(c2c[nH]c3ccccc23)CC1. The monoisotopic (exact) mass is 375 g/mol. The van der Waals surface area contributed by atoms with Crippen LogP contribution in [0, 0.1) is 0 Å². The molecule has 2 heterocycles. The van der Waals surface area contributed by atoms with Crippen LogP contribution in [0.3, 0.4) is 0 Å². The number of aromatic amines is 1. The Morgan fingerprint density at radius 2 is 1.79 bits per heavy atom. The molecule has 0 bridgehead atoms. The number of carbonyl (C=O) groups is 2. The normalized spacial score (nSPS) is 15.6. The van der Waals surface area contributed by atoms with E-state index < -0.39 is 0 Å². The molecule has 1 aromatic heterocycles. The first-order chi connectivity index (χ1) is 13.6. The first-order valence-corrected chi connectivity index (χ1v) is 9.80. The van der Waals surface area contributed by atoms with E-state index in [1.165, 1.54) is 23.4 Å². The summed E-state index contributed by atoms with van der Waals surface area (Å²) in [6, 6.07) is 15.6. The number of piperidine rings is 1. The minimum atomic E-state index is -0.0701. The summed E-state index contributed by atoms with van der Waals surface area (Å²) in [5.74, 6) is 0.406. The molecule has 5 heteroatoms. The third-order valence-electron chi connectivity index (χ3n) is 5.60. The van der Waals surface area contributed by atoms with E-state index in [1.807, 2.05) is 18.2 Å². The zero-order valence-corrected chi connectivity index (χ0v) is 16.1. The lowest BCUT2D eigenvalue weighted by Gasteiger charge is -2.31. The van der Waals surface area contributed by atoms with Gasteiger partial charge in [-0.1, -0.05) is 30.3 Å². The fourth-order valence-electron chi connectivity index (χ4n) is 4.13. The molecule has 0 atom stereocenters. The number of hydrogen-bond acceptors (Lipinski definition) is 3. The van der Waals surface area contributed by atoms with Crippen molar-refractivity contribution < 1.29 is 9.59 Å². The number of hydrogen-bond donors (Lipinski definition) is 2. The number of ketones is 1. The third-order valence-corrected chi connectivity index (χ3v) is 5.60. The van der Waals surface area contributed by atoms with Gasteiger partial charge in [0.1, 0.15) is 0 Å². The summed E-state index contributed by atoms with van der Waals surface area (Å²) in [6.45, 7) is 3.66. The lowest BCUT2D eigenvalue weighted by molar-refractivity contribution is -0.117. The highest BCUT2D eigenvalue weighted by molar-refractivity contribution is 6.04. The Bertz CT molecular complexity index is 1000. The molecular weight excluding hydrogens is 350 g/mol. The number of amides is 1. The molecule has 2 N–H and O–H groups in total. The molecule has 1 aliphatic rings. The highest BCUT2D eigenvalue weighted by atomic mass is 16.2. The van der Waals surface area contributed by atoms with E-state index in [2.05, 4.69) is 39.6 Å². The Hall–Kier alpha value is -2.92. The first kappa shape index (κ1) is 18.4. The first-order valence-electron chi connectivity index (χ1n) is 9.80. The maximum Gasteiger partial charge on any atom is 0.238 e. The number of rotatable bonds is 5. The minimum Gasteiger partial charge on any atom is -0.361 e. The summed E-state index contributed by atoms with van der Waals surface area (Å²) < 4.78 is 0. The van der Waals surface area contributed by atoms with Crippen LogP contribution in [-0.4, -0.2) is 41.2 Å². The van der Waals surface area contributed by atoms with Crippen molar-refractivity contribution in [3.63, 3.8) is 0 Å². The van der Waals surface area contributed by atoms with Gasteiger partial charge in [0, 0.05) is 22.7 Å². The lowest BCUT2D eigenvalue weighted by Crippen LogP contribution is -2.38. The molecule has 144 valence electrons. The van der Waals surface area contributed by atoms with Crippen molar-refractivity contribution in [2.24, 2.45) is 0 Å². The third kappa shape index (κ3) is 3.85. The molecular formula is C23H25N3O2. The Balaban J connectivity index is 1.34. The van der Waals surface area contributed by atoms with E-state index in [1.54, 1.807) is 12.1 Å². The summed E-state index contributed by atoms with van der Waals surface area (Å²) in [4.78, 5) is 29.7. The van der Waals surface area contributed by atoms with Crippen molar-refractivity contribution in [2.75, 3.05) is 25.0 Å². The Morgan fingerprint density at radius 1 is 1.07 bits per heavy atom. The van der Waals surface area contributed by atoms with Crippen molar-refractivity contribution in [3.05, 3.63) is 65.9 Å². The number of nitrogens with one attached hydrogen (secondary N) is 2. The molecule has 0 spiro atoms. The molecule has 0 saturated carbocycles. The van der Waals surface area contributed by atoms with Crippen LogP contribution in [0.5, 0.6) is 0 Å². The van der Waals surface area contributed by atoms with Crippen molar-refractivity contribution in [1.82, 2.24) is 9.88 Å². The predicted octanol–water partition coefficient (Wildman–Crippen LogP) is 4.19. The second-order valence-corrected chi connectivity index (χ2v) is 7.49. The van der Waals surface area contributed by atoms with Gasteiger partial charge in [0.15, 0.2) is 5.78 Å². The van der Waals surface area contributed by atoms with Crippen molar-refractivity contribution in [3.8, 4) is 0 Å². The zero-order valence-electron chi connectivity index (χ0n) is 16.1. The molecule has 1 saturated heterocycles. The van der Waals surface area contributed by atoms with E-state index in [9.17, 15) is 9.59 Å². The largest absolute Gasteiger partial charge is 0.361 e. The molecule has 1 fully saturated rings. The van der Waals surface area contributed by atoms with Gasteiger partial charge in [-0.25, -0.2) is 0 Å². The number of para-hydroxylation sites is 2. The molecule has 0 aliphatic carbocycles. The number of H-pyrrole nitrogens is 1. The molecule has 1 aliphatic heterocycles. The number of nitrogens with zero attached hydrogens (tertiary/aromatic N) is 1. The lowest BCUT2D eigenvalue weighted by atomic mass is 9.89. The average Bonchev–Trinajstić information content (AvgIpc) is 3.13. The number of fused-ring (bicyclic) bond motifs is 1. The van der Waals surface area contributed by atoms with Gasteiger partial charge in [-0.2, -0.15) is 0 Å². The summed E-state index contributed by atoms with van der Waals surface area (Å²) in [7, 11) is 0. The van der Waals surface area contributed by atoms with Gasteiger partial charge >= 0.3 is 0 Å². The molecule has 5 nitrogen and oxygen atoms in total. The Labute approximate surface area is 164 Å². The standard InChI is InChI=1S/C23H25N3O2/c1-16(27)18-6-2-5-9-22(18)25-23(28)15-26-12-10-17(11-13-26)20-14-24-21-8-4-3-7-19(20)21/h2-9,14,17,24H,10-13,15H2,1H3,(H,25,28). The van der Waals surface area contributed by atoms with Crippen molar-refractivity contribution >= 4 is 28.3 Å². The fraction of sp³-hybridized carbons (Fsp3) is 0.304. The van der Waals surface area contributed by atoms with Crippen LogP contribution in [-0.2, 0) is 4.79 Å². The molecule has 3 aromatic rings. The number of Topliss-reactive ketones (excluding diaryl/α,β-unsaturated/α-hetero) is 1. The summed E-state index contributed by atoms with van der Waals surface area (Å²) in [6.07, 6.45) is 4.22. The van der Waals surface area contributed by atoms with Crippen LogP contribution >= 0.6 is 0 Å². The maximum absolute atomic E-state index is 12.5. The number of aromatic nitrogens is 1. The van der Waals surface area contributed by atoms with Gasteiger partial charge in [-0.05, 0) is 62.5 Å². The van der Waals surface area contributed by atoms with Crippen LogP contribution in [0.15, 0.2) is 54.7 Å². The Morgan fingerprint density at radius 3 is 2.57 bits per heavy atom. The van der Waals surface area contributed by atoms with Gasteiger partial charge in [0.2, 0.25) is 5.91 Å². The second-order valence-electron chi connectivity index (χ2n) is 7.49. The van der Waals surface area contributed by atoms with E-state index in [4.69, 9.17) is 0 Å². The zero-order chi connectivity index (χ0) is 19.5. The molecule has 0 radical (unpaired) electrons. The van der Waals surface area contributed by atoms with E-state index >= 15 is 0 Å². The summed E-state index contributed by atoms with van der Waals surface area (Å²) >= 11 is 0. The molecule has 2 aromatic carbocycles. The summed E-state index contributed by atoms with van der Waals surface area (Å²) in [5.41, 5.74) is 3.71. The summed E-state index contributed by atoms with van der Waals surface area (Å²) in [5, 5.41) is 4.20. The van der Waals surface area contributed by atoms with Crippen LogP contribution < -0.4 is 5.32 Å². The minimum absolute atomic E-state index is 0.0459. The predicted molar refractivity (Wildman–Crippen MR) is 112 cm³/mol. The van der Waals surface area contributed by atoms with E-state index in [0.29, 0.717) is 23.7 Å². The van der Waals surface area contributed by atoms with Gasteiger partial charge in [-0.15, -0.1) is 0 Å². The average molecular weight is 375 g/mol. The number of benzene rings is 2. The highest BCUT2D eigenvalue weighted by Crippen LogP contribution is 2.33. The molecule has 1 amide bonds. The van der Waals surface area contributed by atoms with Gasteiger partial charge in [0.25, 0.3) is 0 Å². The topological polar surface area (TPSA) is 65.2 Å². The highest BCUT2D eigenvalue weighted by Gasteiger charge is 2.24. The van der Waals surface area contributed by atoms with Crippen LogP contribution in [0.1, 0.15) is 41.6 Å². The molecule has 4 rings (SSSR count). The van der Waals surface area contributed by atoms with E-state index in [0.717, 1.165) is 25.9 Å². The number of carbonyl (C=O) groups excluding carboxylic acids is 2. The molecule has 0 unspecified atom stereocenters.